The first-order chi connectivity index (χ1) is 11.4. The van der Waals surface area contributed by atoms with Crippen molar-refractivity contribution in [1.82, 2.24) is 0 Å². The molecule has 24 heavy (non-hydrogen) atoms. The largest absolute Gasteiger partial charge is 0.497 e. The van der Waals surface area contributed by atoms with Crippen LogP contribution in [0.4, 0.5) is 0 Å². The number of aliphatic hydroxyl groups excluding tert-OH is 1. The van der Waals surface area contributed by atoms with Gasteiger partial charge in [0.25, 0.3) is 0 Å². The van der Waals surface area contributed by atoms with Crippen molar-refractivity contribution in [1.29, 1.82) is 0 Å². The average Bonchev–Trinajstić information content (AvgIpc) is 2.84. The molecule has 6 atom stereocenters. The molecule has 0 bridgehead atoms. The van der Waals surface area contributed by atoms with Crippen LogP contribution in [0.1, 0.15) is 63.5 Å². The molecule has 0 amide bonds. The van der Waals surface area contributed by atoms with E-state index in [0.717, 1.165) is 11.7 Å². The molecule has 0 aliphatic heterocycles. The van der Waals surface area contributed by atoms with Gasteiger partial charge in [0.15, 0.2) is 0 Å². The van der Waals surface area contributed by atoms with E-state index in [-0.39, 0.29) is 0 Å². The van der Waals surface area contributed by atoms with Crippen molar-refractivity contribution in [2.24, 2.45) is 28.6 Å². The van der Waals surface area contributed by atoms with Gasteiger partial charge in [-0.1, -0.05) is 26.8 Å². The van der Waals surface area contributed by atoms with Crippen LogP contribution < -0.4 is 4.74 Å². The molecule has 2 nitrogen and oxygen atoms in total. The summed E-state index contributed by atoms with van der Waals surface area (Å²) in [7, 11) is 1.76. The molecular formula is C22H32O2. The lowest BCUT2D eigenvalue weighted by Gasteiger charge is -2.59. The molecule has 0 unspecified atom stereocenters. The van der Waals surface area contributed by atoms with Crippen LogP contribution in [0, 0.1) is 28.6 Å². The summed E-state index contributed by atoms with van der Waals surface area (Å²) in [6.07, 6.45) is 6.19. The highest BCUT2D eigenvalue weighted by molar-refractivity contribution is 5.41. The molecule has 0 aromatic heterocycles. The summed E-state index contributed by atoms with van der Waals surface area (Å²) in [5, 5.41) is 9.95. The van der Waals surface area contributed by atoms with E-state index in [1.54, 1.807) is 12.7 Å². The number of hydrogen-bond donors (Lipinski definition) is 1. The molecule has 0 radical (unpaired) electrons. The summed E-state index contributed by atoms with van der Waals surface area (Å²) in [6, 6.07) is 6.75. The molecule has 0 spiro atoms. The maximum Gasteiger partial charge on any atom is 0.119 e. The van der Waals surface area contributed by atoms with Crippen LogP contribution in [-0.4, -0.2) is 18.8 Å². The minimum Gasteiger partial charge on any atom is -0.497 e. The van der Waals surface area contributed by atoms with Crippen LogP contribution >= 0.6 is 0 Å². The zero-order valence-electron chi connectivity index (χ0n) is 15.6. The summed E-state index contributed by atoms with van der Waals surface area (Å²) in [4.78, 5) is 0. The van der Waals surface area contributed by atoms with Gasteiger partial charge in [0, 0.05) is 6.61 Å². The molecule has 0 saturated heterocycles. The second-order valence-corrected chi connectivity index (χ2v) is 9.17. The minimum absolute atomic E-state index is 0.307. The summed E-state index contributed by atoms with van der Waals surface area (Å²) in [6.45, 7) is 7.85. The molecule has 132 valence electrons. The van der Waals surface area contributed by atoms with E-state index in [2.05, 4.69) is 39.0 Å². The molecule has 0 heterocycles. The normalized spacial score (nSPS) is 43.7. The van der Waals surface area contributed by atoms with Crippen molar-refractivity contribution in [2.45, 2.75) is 58.8 Å². The summed E-state index contributed by atoms with van der Waals surface area (Å²) in [5.41, 5.74) is 3.75. The lowest BCUT2D eigenvalue weighted by atomic mass is 9.45. The number of benzene rings is 1. The minimum atomic E-state index is 0.307. The first-order valence-corrected chi connectivity index (χ1v) is 9.72. The Morgan fingerprint density at radius 3 is 2.62 bits per heavy atom. The van der Waals surface area contributed by atoms with Crippen LogP contribution in [-0.2, 0) is 6.42 Å². The Bertz CT molecular complexity index is 639. The molecule has 2 saturated carbocycles. The van der Waals surface area contributed by atoms with E-state index in [1.807, 2.05) is 0 Å². The molecule has 4 rings (SSSR count). The van der Waals surface area contributed by atoms with Gasteiger partial charge < -0.3 is 9.84 Å². The fourth-order valence-electron chi connectivity index (χ4n) is 7.05. The first kappa shape index (κ1) is 16.4. The fourth-order valence-corrected chi connectivity index (χ4v) is 7.05. The van der Waals surface area contributed by atoms with Gasteiger partial charge in [0.2, 0.25) is 0 Å². The highest BCUT2D eigenvalue weighted by atomic mass is 16.5. The van der Waals surface area contributed by atoms with Gasteiger partial charge in [-0.15, -0.1) is 0 Å². The van der Waals surface area contributed by atoms with Crippen LogP contribution in [0.25, 0.3) is 0 Å². The predicted octanol–water partition coefficient (Wildman–Crippen LogP) is 4.80. The number of hydrogen-bond acceptors (Lipinski definition) is 2. The zero-order chi connectivity index (χ0) is 17.1. The van der Waals surface area contributed by atoms with E-state index in [0.29, 0.717) is 35.2 Å². The molecule has 1 N–H and O–H groups in total. The number of aliphatic hydroxyl groups is 1. The topological polar surface area (TPSA) is 29.5 Å². The van der Waals surface area contributed by atoms with Crippen LogP contribution in [0.15, 0.2) is 18.2 Å². The van der Waals surface area contributed by atoms with Crippen molar-refractivity contribution in [3.05, 3.63) is 29.3 Å². The Hall–Kier alpha value is -1.02. The zero-order valence-corrected chi connectivity index (χ0v) is 15.6. The van der Waals surface area contributed by atoms with E-state index < -0.39 is 0 Å². The molecule has 2 heteroatoms. The van der Waals surface area contributed by atoms with Crippen molar-refractivity contribution in [2.75, 3.05) is 13.7 Å². The third-order valence-electron chi connectivity index (χ3n) is 8.49. The maximum atomic E-state index is 9.95. The summed E-state index contributed by atoms with van der Waals surface area (Å²) < 4.78 is 5.46. The Morgan fingerprint density at radius 1 is 1.17 bits per heavy atom. The molecule has 1 aromatic rings. The Morgan fingerprint density at radius 2 is 1.92 bits per heavy atom. The third-order valence-corrected chi connectivity index (χ3v) is 8.49. The molecule has 2 fully saturated rings. The van der Waals surface area contributed by atoms with E-state index >= 15 is 0 Å². The highest BCUT2D eigenvalue weighted by Gasteiger charge is 2.62. The molecular weight excluding hydrogens is 296 g/mol. The number of rotatable bonds is 2. The predicted molar refractivity (Wildman–Crippen MR) is 97.4 cm³/mol. The number of fused-ring (bicyclic) bond motifs is 5. The quantitative estimate of drug-likeness (QED) is 0.845. The SMILES string of the molecule is COc1ccc2c(c1)C[C@@H](C)[C@@H]1[C@@H]2CC[C@]2(C)[C@H](CO)CC[C@]12C. The van der Waals surface area contributed by atoms with E-state index in [9.17, 15) is 5.11 Å². The van der Waals surface area contributed by atoms with Gasteiger partial charge in [-0.25, -0.2) is 0 Å². The van der Waals surface area contributed by atoms with Crippen molar-refractivity contribution >= 4 is 0 Å². The monoisotopic (exact) mass is 328 g/mol. The van der Waals surface area contributed by atoms with Crippen molar-refractivity contribution < 1.29 is 9.84 Å². The van der Waals surface area contributed by atoms with Gasteiger partial charge in [-0.05, 0) is 89.9 Å². The van der Waals surface area contributed by atoms with E-state index in [4.69, 9.17) is 4.74 Å². The van der Waals surface area contributed by atoms with Gasteiger partial charge in [-0.2, -0.15) is 0 Å². The Balaban J connectivity index is 1.77. The van der Waals surface area contributed by atoms with Gasteiger partial charge >= 0.3 is 0 Å². The van der Waals surface area contributed by atoms with Crippen molar-refractivity contribution in [3.8, 4) is 5.75 Å². The number of ether oxygens (including phenoxy) is 1. The third kappa shape index (κ3) is 1.98. The highest BCUT2D eigenvalue weighted by Crippen LogP contribution is 2.70. The Kier molecular flexibility index (Phi) is 3.76. The van der Waals surface area contributed by atoms with E-state index in [1.165, 1.54) is 37.7 Å². The second-order valence-electron chi connectivity index (χ2n) is 9.17. The fraction of sp³-hybridized carbons (Fsp3) is 0.727. The second kappa shape index (κ2) is 5.49. The van der Waals surface area contributed by atoms with Gasteiger partial charge in [0.05, 0.1) is 7.11 Å². The van der Waals surface area contributed by atoms with Crippen LogP contribution in [0.5, 0.6) is 5.75 Å². The summed E-state index contributed by atoms with van der Waals surface area (Å²) in [5.74, 6) is 3.62. The average molecular weight is 328 g/mol. The van der Waals surface area contributed by atoms with Crippen molar-refractivity contribution in [3.63, 3.8) is 0 Å². The lowest BCUT2D eigenvalue weighted by Crippen LogP contribution is -2.52. The van der Waals surface area contributed by atoms with Gasteiger partial charge in [0.1, 0.15) is 5.75 Å². The standard InChI is InChI=1S/C22H32O2/c1-14-11-15-12-17(24-4)5-6-18(15)19-8-10-21(2)16(13-23)7-9-22(21,3)20(14)19/h5-6,12,14,16,19-20,23H,7-11,13H2,1-4H3/t14-,16+,19-,20-,21-,22-/m1/s1. The first-order valence-electron chi connectivity index (χ1n) is 9.72. The molecule has 3 aliphatic rings. The molecule has 3 aliphatic carbocycles. The lowest BCUT2D eigenvalue weighted by molar-refractivity contribution is -0.0811. The van der Waals surface area contributed by atoms with Gasteiger partial charge in [-0.3, -0.25) is 0 Å². The molecule has 1 aromatic carbocycles. The van der Waals surface area contributed by atoms with Crippen LogP contribution in [0.2, 0.25) is 0 Å². The number of methoxy groups -OCH3 is 1. The maximum absolute atomic E-state index is 9.95. The smallest absolute Gasteiger partial charge is 0.119 e. The van der Waals surface area contributed by atoms with Crippen LogP contribution in [0.3, 0.4) is 0 Å². The Labute approximate surface area is 146 Å². The summed E-state index contributed by atoms with van der Waals surface area (Å²) >= 11 is 0.